The van der Waals surface area contributed by atoms with Gasteiger partial charge in [-0.1, -0.05) is 34.1 Å². The fraction of sp³-hybridized carbons (Fsp3) is 0.185. The molecule has 0 amide bonds. The lowest BCUT2D eigenvalue weighted by molar-refractivity contribution is 0.565. The van der Waals surface area contributed by atoms with Crippen molar-refractivity contribution in [2.24, 2.45) is 0 Å². The van der Waals surface area contributed by atoms with Gasteiger partial charge in [-0.2, -0.15) is 0 Å². The number of halogens is 1. The molecule has 4 aromatic rings. The van der Waals surface area contributed by atoms with Crippen LogP contribution in [0, 0.1) is 20.8 Å². The smallest absolute Gasteiger partial charge is 0.174 e. The van der Waals surface area contributed by atoms with Crippen molar-refractivity contribution in [2.45, 2.75) is 32.9 Å². The van der Waals surface area contributed by atoms with Crippen LogP contribution in [0.15, 0.2) is 83.5 Å². The summed E-state index contributed by atoms with van der Waals surface area (Å²) < 4.78 is 3.37. The number of anilines is 1. The predicted molar refractivity (Wildman–Crippen MR) is 142 cm³/mol. The van der Waals surface area contributed by atoms with E-state index in [1.165, 1.54) is 28.2 Å². The molecule has 5 rings (SSSR count). The van der Waals surface area contributed by atoms with Crippen molar-refractivity contribution in [1.82, 2.24) is 14.9 Å². The van der Waals surface area contributed by atoms with E-state index in [0.717, 1.165) is 15.9 Å². The Morgan fingerprint density at radius 3 is 2.39 bits per heavy atom. The first kappa shape index (κ1) is 21.9. The second kappa shape index (κ2) is 8.76. The van der Waals surface area contributed by atoms with Gasteiger partial charge < -0.3 is 14.8 Å². The minimum atomic E-state index is -0.0613. The van der Waals surface area contributed by atoms with Gasteiger partial charge in [-0.3, -0.25) is 4.98 Å². The number of pyridine rings is 1. The van der Waals surface area contributed by atoms with E-state index < -0.39 is 0 Å². The molecule has 33 heavy (non-hydrogen) atoms. The van der Waals surface area contributed by atoms with Gasteiger partial charge in [0.2, 0.25) is 0 Å². The summed E-state index contributed by atoms with van der Waals surface area (Å²) in [6, 6.07) is 25.2. The number of thiocarbonyl (C=S) groups is 1. The highest BCUT2D eigenvalue weighted by Crippen LogP contribution is 2.43. The van der Waals surface area contributed by atoms with Crippen LogP contribution in [0.4, 0.5) is 5.69 Å². The van der Waals surface area contributed by atoms with Gasteiger partial charge in [0.1, 0.15) is 0 Å². The number of hydrogen-bond acceptors (Lipinski definition) is 2. The number of hydrogen-bond donors (Lipinski definition) is 1. The molecule has 1 fully saturated rings. The summed E-state index contributed by atoms with van der Waals surface area (Å²) in [5, 5.41) is 4.27. The van der Waals surface area contributed by atoms with Gasteiger partial charge in [0, 0.05) is 33.4 Å². The lowest BCUT2D eigenvalue weighted by atomic mass is 9.96. The highest BCUT2D eigenvalue weighted by Gasteiger charge is 2.42. The molecule has 0 radical (unpaired) electrons. The Bertz CT molecular complexity index is 1310. The monoisotopic (exact) mass is 516 g/mol. The van der Waals surface area contributed by atoms with Crippen LogP contribution in [0.2, 0.25) is 0 Å². The molecule has 6 heteroatoms. The van der Waals surface area contributed by atoms with Crippen LogP contribution in [0.5, 0.6) is 0 Å². The molecule has 3 heterocycles. The first-order chi connectivity index (χ1) is 15.9. The largest absolute Gasteiger partial charge is 0.351 e. The lowest BCUT2D eigenvalue weighted by Gasteiger charge is -2.28. The van der Waals surface area contributed by atoms with Crippen LogP contribution in [-0.2, 0) is 0 Å². The molecular formula is C27H25BrN4S. The van der Waals surface area contributed by atoms with Gasteiger partial charge in [-0.25, -0.2) is 0 Å². The van der Waals surface area contributed by atoms with E-state index in [4.69, 9.17) is 12.2 Å². The molecule has 0 unspecified atom stereocenters. The van der Waals surface area contributed by atoms with Crippen LogP contribution in [0.25, 0.3) is 5.69 Å². The molecule has 0 aliphatic carbocycles. The Hall–Kier alpha value is -2.96. The van der Waals surface area contributed by atoms with Crippen LogP contribution >= 0.6 is 28.1 Å². The second-order valence-corrected chi connectivity index (χ2v) is 9.78. The molecule has 2 aromatic carbocycles. The fourth-order valence-electron chi connectivity index (χ4n) is 4.80. The van der Waals surface area contributed by atoms with E-state index >= 15 is 0 Å². The lowest BCUT2D eigenvalue weighted by Crippen LogP contribution is -2.29. The minimum absolute atomic E-state index is 0.0293. The molecule has 0 saturated carbocycles. The van der Waals surface area contributed by atoms with Gasteiger partial charge in [0.15, 0.2) is 5.11 Å². The number of aryl methyl sites for hydroxylation is 2. The molecule has 0 bridgehead atoms. The van der Waals surface area contributed by atoms with Crippen molar-refractivity contribution < 1.29 is 0 Å². The standard InChI is InChI=1S/C27H25BrN4S/c1-17-7-6-8-22(15-17)31-18(2)16-23(19(31)3)26-25(24-9-4-5-14-29-24)30-27(33)32(26)21-12-10-20(28)11-13-21/h4-16,25-26H,1-3H3,(H,30,33)/t25-,26-/m0/s1. The van der Waals surface area contributed by atoms with Crippen molar-refractivity contribution in [1.29, 1.82) is 0 Å². The molecule has 0 spiro atoms. The van der Waals surface area contributed by atoms with Crippen LogP contribution in [-0.4, -0.2) is 14.7 Å². The number of nitrogens with zero attached hydrogens (tertiary/aromatic N) is 3. The van der Waals surface area contributed by atoms with E-state index in [-0.39, 0.29) is 12.1 Å². The van der Waals surface area contributed by atoms with Gasteiger partial charge >= 0.3 is 0 Å². The Labute approximate surface area is 208 Å². The van der Waals surface area contributed by atoms with E-state index in [9.17, 15) is 0 Å². The molecular weight excluding hydrogens is 492 g/mol. The van der Waals surface area contributed by atoms with Crippen molar-refractivity contribution in [2.75, 3.05) is 4.90 Å². The van der Waals surface area contributed by atoms with Crippen LogP contribution in [0.3, 0.4) is 0 Å². The van der Waals surface area contributed by atoms with Gasteiger partial charge in [-0.15, -0.1) is 0 Å². The SMILES string of the molecule is Cc1cccc(-n2c(C)cc([C@H]3[C@H](c4ccccn4)NC(=S)N3c3ccc(Br)cc3)c2C)c1. The third kappa shape index (κ3) is 3.98. The highest BCUT2D eigenvalue weighted by atomic mass is 79.9. The van der Waals surface area contributed by atoms with Gasteiger partial charge in [0.05, 0.1) is 17.8 Å². The highest BCUT2D eigenvalue weighted by molar-refractivity contribution is 9.10. The zero-order valence-electron chi connectivity index (χ0n) is 18.8. The number of benzene rings is 2. The molecule has 2 aromatic heterocycles. The zero-order valence-corrected chi connectivity index (χ0v) is 21.2. The third-order valence-electron chi connectivity index (χ3n) is 6.25. The molecule has 166 valence electrons. The van der Waals surface area contributed by atoms with Gasteiger partial charge in [-0.05, 0) is 98.7 Å². The summed E-state index contributed by atoms with van der Waals surface area (Å²) in [4.78, 5) is 6.90. The molecule has 4 nitrogen and oxygen atoms in total. The fourth-order valence-corrected chi connectivity index (χ4v) is 5.41. The Balaban J connectivity index is 1.68. The van der Waals surface area contributed by atoms with E-state index in [1.807, 2.05) is 18.3 Å². The van der Waals surface area contributed by atoms with Gasteiger partial charge in [0.25, 0.3) is 0 Å². The molecule has 2 atom stereocenters. The maximum atomic E-state index is 5.87. The first-order valence-electron chi connectivity index (χ1n) is 11.0. The summed E-state index contributed by atoms with van der Waals surface area (Å²) >= 11 is 9.43. The normalized spacial score (nSPS) is 17.9. The van der Waals surface area contributed by atoms with Crippen molar-refractivity contribution in [3.63, 3.8) is 0 Å². The number of aromatic nitrogens is 2. The number of rotatable bonds is 4. The third-order valence-corrected chi connectivity index (χ3v) is 7.09. The second-order valence-electron chi connectivity index (χ2n) is 8.47. The van der Waals surface area contributed by atoms with Crippen LogP contribution < -0.4 is 10.2 Å². The molecule has 1 aliphatic heterocycles. The maximum absolute atomic E-state index is 5.87. The van der Waals surface area contributed by atoms with Crippen molar-refractivity contribution >= 4 is 38.9 Å². The average Bonchev–Trinajstić information content (AvgIpc) is 3.30. The summed E-state index contributed by atoms with van der Waals surface area (Å²) in [6.45, 7) is 6.49. The zero-order chi connectivity index (χ0) is 23.1. The number of nitrogens with one attached hydrogen (secondary N) is 1. The summed E-state index contributed by atoms with van der Waals surface area (Å²) in [5.41, 5.74) is 8.09. The topological polar surface area (TPSA) is 33.1 Å². The van der Waals surface area contributed by atoms with Crippen molar-refractivity contribution in [3.05, 3.63) is 112 Å². The summed E-state index contributed by atoms with van der Waals surface area (Å²) in [5.74, 6) is 0. The summed E-state index contributed by atoms with van der Waals surface area (Å²) in [6.07, 6.45) is 1.84. The van der Waals surface area contributed by atoms with E-state index in [1.54, 1.807) is 0 Å². The van der Waals surface area contributed by atoms with Crippen LogP contribution in [0.1, 0.15) is 40.3 Å². The Morgan fingerprint density at radius 2 is 1.70 bits per heavy atom. The Morgan fingerprint density at radius 1 is 0.909 bits per heavy atom. The molecule has 1 N–H and O–H groups in total. The Kier molecular flexibility index (Phi) is 5.81. The minimum Gasteiger partial charge on any atom is -0.351 e. The van der Waals surface area contributed by atoms with E-state index in [2.05, 4.69) is 117 Å². The average molecular weight is 517 g/mol. The van der Waals surface area contributed by atoms with E-state index in [0.29, 0.717) is 5.11 Å². The first-order valence-corrected chi connectivity index (χ1v) is 12.2. The molecule has 1 aliphatic rings. The maximum Gasteiger partial charge on any atom is 0.174 e. The quantitative estimate of drug-likeness (QED) is 0.304. The van der Waals surface area contributed by atoms with Crippen molar-refractivity contribution in [3.8, 4) is 5.69 Å². The molecule has 1 saturated heterocycles. The predicted octanol–water partition coefficient (Wildman–Crippen LogP) is 6.74. The summed E-state index contributed by atoms with van der Waals surface area (Å²) in [7, 11) is 0.